The van der Waals surface area contributed by atoms with Gasteiger partial charge in [0, 0.05) is 0 Å². The van der Waals surface area contributed by atoms with Crippen molar-refractivity contribution in [2.45, 2.75) is 13.0 Å². The molecular weight excluding hydrogens is 287 g/mol. The summed E-state index contributed by atoms with van der Waals surface area (Å²) in [5.41, 5.74) is 1.82. The van der Waals surface area contributed by atoms with Gasteiger partial charge in [-0.25, -0.2) is 9.37 Å². The molecule has 0 saturated heterocycles. The number of thiazole rings is 1. The summed E-state index contributed by atoms with van der Waals surface area (Å²) in [4.78, 5) is 4.53. The summed E-state index contributed by atoms with van der Waals surface area (Å²) in [6.07, 6.45) is 0. The van der Waals surface area contributed by atoms with Gasteiger partial charge in [0.1, 0.15) is 11.6 Å². The largest absolute Gasteiger partial charge is 0.497 e. The second-order valence-electron chi connectivity index (χ2n) is 4.77. The molecule has 0 saturated carbocycles. The number of fused-ring (bicyclic) bond motifs is 1. The van der Waals surface area contributed by atoms with Crippen molar-refractivity contribution in [1.82, 2.24) is 4.98 Å². The molecule has 21 heavy (non-hydrogen) atoms. The van der Waals surface area contributed by atoms with Crippen LogP contribution in [0.3, 0.4) is 0 Å². The van der Waals surface area contributed by atoms with Crippen LogP contribution in [0.4, 0.5) is 9.52 Å². The molecule has 1 atom stereocenters. The number of methoxy groups -OCH3 is 1. The van der Waals surface area contributed by atoms with E-state index in [9.17, 15) is 4.39 Å². The lowest BCUT2D eigenvalue weighted by Crippen LogP contribution is -2.06. The Morgan fingerprint density at radius 3 is 2.86 bits per heavy atom. The third-order valence-electron chi connectivity index (χ3n) is 3.28. The molecule has 108 valence electrons. The predicted octanol–water partition coefficient (Wildman–Crippen LogP) is 4.62. The fourth-order valence-electron chi connectivity index (χ4n) is 2.14. The molecule has 5 heteroatoms. The minimum absolute atomic E-state index is 0.0110. The van der Waals surface area contributed by atoms with E-state index >= 15 is 0 Å². The van der Waals surface area contributed by atoms with Crippen molar-refractivity contribution in [2.24, 2.45) is 0 Å². The van der Waals surface area contributed by atoms with Crippen LogP contribution < -0.4 is 10.1 Å². The molecular formula is C16H15FN2OS. The molecule has 0 aliphatic carbocycles. The number of halogens is 1. The van der Waals surface area contributed by atoms with Crippen LogP contribution >= 0.6 is 11.3 Å². The van der Waals surface area contributed by atoms with Gasteiger partial charge in [-0.3, -0.25) is 0 Å². The standard InChI is InChI=1S/C16H15FN2OS/c1-10(11-4-3-5-12(17)8-11)18-16-19-14-7-6-13(20-2)9-15(14)21-16/h3-10H,1-2H3,(H,18,19). The maximum atomic E-state index is 13.3. The Balaban J connectivity index is 1.84. The summed E-state index contributed by atoms with van der Waals surface area (Å²) < 4.78 is 19.5. The van der Waals surface area contributed by atoms with Gasteiger partial charge in [-0.15, -0.1) is 0 Å². The van der Waals surface area contributed by atoms with E-state index in [-0.39, 0.29) is 11.9 Å². The van der Waals surface area contributed by atoms with Crippen LogP contribution in [0, 0.1) is 5.82 Å². The number of aromatic nitrogens is 1. The Kier molecular flexibility index (Phi) is 3.75. The highest BCUT2D eigenvalue weighted by molar-refractivity contribution is 7.22. The molecule has 1 aromatic heterocycles. The van der Waals surface area contributed by atoms with Gasteiger partial charge < -0.3 is 10.1 Å². The van der Waals surface area contributed by atoms with Gasteiger partial charge in [-0.1, -0.05) is 23.5 Å². The van der Waals surface area contributed by atoms with Crippen LogP contribution in [0.1, 0.15) is 18.5 Å². The molecule has 0 radical (unpaired) electrons. The van der Waals surface area contributed by atoms with Gasteiger partial charge in [-0.2, -0.15) is 0 Å². The lowest BCUT2D eigenvalue weighted by molar-refractivity contribution is 0.415. The average Bonchev–Trinajstić information content (AvgIpc) is 2.88. The van der Waals surface area contributed by atoms with Gasteiger partial charge in [0.15, 0.2) is 5.13 Å². The summed E-state index contributed by atoms with van der Waals surface area (Å²) in [7, 11) is 1.65. The minimum Gasteiger partial charge on any atom is -0.497 e. The van der Waals surface area contributed by atoms with E-state index in [1.54, 1.807) is 24.5 Å². The molecule has 0 bridgehead atoms. The Hall–Kier alpha value is -2.14. The Bertz CT molecular complexity index is 772. The van der Waals surface area contributed by atoms with E-state index in [1.165, 1.54) is 12.1 Å². The highest BCUT2D eigenvalue weighted by Crippen LogP contribution is 2.31. The zero-order valence-corrected chi connectivity index (χ0v) is 12.6. The first-order valence-corrected chi connectivity index (χ1v) is 7.44. The quantitative estimate of drug-likeness (QED) is 0.763. The maximum Gasteiger partial charge on any atom is 0.184 e. The van der Waals surface area contributed by atoms with E-state index in [0.29, 0.717) is 0 Å². The van der Waals surface area contributed by atoms with E-state index < -0.39 is 0 Å². The number of ether oxygens (including phenoxy) is 1. The van der Waals surface area contributed by atoms with E-state index in [4.69, 9.17) is 4.74 Å². The lowest BCUT2D eigenvalue weighted by Gasteiger charge is -2.13. The molecule has 3 nitrogen and oxygen atoms in total. The SMILES string of the molecule is COc1ccc2nc(NC(C)c3cccc(F)c3)sc2c1. The molecule has 1 unspecified atom stereocenters. The maximum absolute atomic E-state index is 13.3. The first-order valence-electron chi connectivity index (χ1n) is 6.62. The number of nitrogens with zero attached hydrogens (tertiary/aromatic N) is 1. The van der Waals surface area contributed by atoms with Gasteiger partial charge >= 0.3 is 0 Å². The van der Waals surface area contributed by atoms with Crippen molar-refractivity contribution in [1.29, 1.82) is 0 Å². The third-order valence-corrected chi connectivity index (χ3v) is 4.23. The summed E-state index contributed by atoms with van der Waals surface area (Å²) in [5.74, 6) is 0.589. The molecule has 0 spiro atoms. The normalized spacial score (nSPS) is 12.3. The molecule has 3 rings (SSSR count). The molecule has 0 aliphatic heterocycles. The Labute approximate surface area is 126 Å². The fourth-order valence-corrected chi connectivity index (χ4v) is 3.12. The monoisotopic (exact) mass is 302 g/mol. The number of hydrogen-bond acceptors (Lipinski definition) is 4. The first kappa shape index (κ1) is 13.8. The van der Waals surface area contributed by atoms with Crippen LogP contribution in [0.2, 0.25) is 0 Å². The number of nitrogens with one attached hydrogen (secondary N) is 1. The molecule has 1 N–H and O–H groups in total. The van der Waals surface area contributed by atoms with E-state index in [1.807, 2.05) is 31.2 Å². The van der Waals surface area contributed by atoms with Crippen molar-refractivity contribution in [3.63, 3.8) is 0 Å². The zero-order chi connectivity index (χ0) is 14.8. The predicted molar refractivity (Wildman–Crippen MR) is 84.6 cm³/mol. The smallest absolute Gasteiger partial charge is 0.184 e. The molecule has 3 aromatic rings. The molecule has 2 aromatic carbocycles. The topological polar surface area (TPSA) is 34.1 Å². The zero-order valence-electron chi connectivity index (χ0n) is 11.8. The number of rotatable bonds is 4. The van der Waals surface area contributed by atoms with E-state index in [0.717, 1.165) is 26.7 Å². The van der Waals surface area contributed by atoms with Gasteiger partial charge in [0.2, 0.25) is 0 Å². The number of hydrogen-bond donors (Lipinski definition) is 1. The Morgan fingerprint density at radius 2 is 2.10 bits per heavy atom. The fraction of sp³-hybridized carbons (Fsp3) is 0.188. The van der Waals surface area contributed by atoms with Gasteiger partial charge in [-0.05, 0) is 42.8 Å². The minimum atomic E-state index is -0.227. The van der Waals surface area contributed by atoms with Crippen molar-refractivity contribution in [3.05, 3.63) is 53.8 Å². The second kappa shape index (κ2) is 5.69. The summed E-state index contributed by atoms with van der Waals surface area (Å²) >= 11 is 1.56. The van der Waals surface area contributed by atoms with Crippen LogP contribution in [-0.2, 0) is 0 Å². The van der Waals surface area contributed by atoms with E-state index in [2.05, 4.69) is 10.3 Å². The van der Waals surface area contributed by atoms with Gasteiger partial charge in [0.25, 0.3) is 0 Å². The Morgan fingerprint density at radius 1 is 1.24 bits per heavy atom. The van der Waals surface area contributed by atoms with Crippen molar-refractivity contribution < 1.29 is 9.13 Å². The molecule has 1 heterocycles. The summed E-state index contributed by atoms with van der Waals surface area (Å²) in [5, 5.41) is 4.13. The third kappa shape index (κ3) is 2.97. The highest BCUT2D eigenvalue weighted by atomic mass is 32.1. The van der Waals surface area contributed by atoms with Crippen LogP contribution in [0.15, 0.2) is 42.5 Å². The van der Waals surface area contributed by atoms with Crippen LogP contribution in [-0.4, -0.2) is 12.1 Å². The van der Waals surface area contributed by atoms with Crippen molar-refractivity contribution >= 4 is 26.7 Å². The van der Waals surface area contributed by atoms with Crippen LogP contribution in [0.5, 0.6) is 5.75 Å². The summed E-state index contributed by atoms with van der Waals surface area (Å²) in [6, 6.07) is 12.4. The number of benzene rings is 2. The average molecular weight is 302 g/mol. The number of anilines is 1. The van der Waals surface area contributed by atoms with Crippen molar-refractivity contribution in [2.75, 3.05) is 12.4 Å². The molecule has 0 amide bonds. The van der Waals surface area contributed by atoms with Crippen molar-refractivity contribution in [3.8, 4) is 5.75 Å². The highest BCUT2D eigenvalue weighted by Gasteiger charge is 2.10. The second-order valence-corrected chi connectivity index (χ2v) is 5.80. The van der Waals surface area contributed by atoms with Crippen LogP contribution in [0.25, 0.3) is 10.2 Å². The first-order chi connectivity index (χ1) is 10.2. The van der Waals surface area contributed by atoms with Gasteiger partial charge in [0.05, 0.1) is 23.4 Å². The summed E-state index contributed by atoms with van der Waals surface area (Å²) in [6.45, 7) is 1.99. The molecule has 0 fully saturated rings. The molecule has 0 aliphatic rings. The lowest BCUT2D eigenvalue weighted by atomic mass is 10.1.